The Morgan fingerprint density at radius 3 is 1.95 bits per heavy atom. The summed E-state index contributed by atoms with van der Waals surface area (Å²) in [4.78, 5) is 0. The summed E-state index contributed by atoms with van der Waals surface area (Å²) in [5.74, 6) is 0. The van der Waals surface area contributed by atoms with E-state index in [9.17, 15) is 10.0 Å². The fraction of sp³-hybridized carbons (Fsp3) is 0.368. The van der Waals surface area contributed by atoms with Crippen LogP contribution in [-0.4, -0.2) is 17.2 Å². The molecule has 0 saturated heterocycles. The van der Waals surface area contributed by atoms with Crippen LogP contribution in [-0.2, 0) is 10.8 Å². The van der Waals surface area contributed by atoms with Gasteiger partial charge in [-0.1, -0.05) is 71.0 Å². The first-order valence-electron chi connectivity index (χ1n) is 7.78. The summed E-state index contributed by atoms with van der Waals surface area (Å²) in [5, 5.41) is 18.9. The summed E-state index contributed by atoms with van der Waals surface area (Å²) in [6.07, 6.45) is 0. The average Bonchev–Trinajstić information content (AvgIpc) is 2.66. The topological polar surface area (TPSA) is 40.5 Å². The second kappa shape index (κ2) is 4.71. The summed E-state index contributed by atoms with van der Waals surface area (Å²) in [6.45, 7) is 11.1. The highest BCUT2D eigenvalue weighted by Crippen LogP contribution is 2.49. The Labute approximate surface area is 133 Å². The normalized spacial score (nSPS) is 15.4. The zero-order valence-corrected chi connectivity index (χ0v) is 13.9. The summed E-state index contributed by atoms with van der Waals surface area (Å²) in [5.41, 5.74) is 6.81. The largest absolute Gasteiger partial charge is 0.488 e. The van der Waals surface area contributed by atoms with Gasteiger partial charge in [0, 0.05) is 5.41 Å². The van der Waals surface area contributed by atoms with Crippen molar-refractivity contribution in [3.63, 3.8) is 0 Å². The third-order valence-corrected chi connectivity index (χ3v) is 4.86. The second-order valence-electron chi connectivity index (χ2n) is 7.81. The molecule has 2 N–H and O–H groups in total. The van der Waals surface area contributed by atoms with Gasteiger partial charge in [-0.05, 0) is 38.7 Å². The number of benzene rings is 2. The summed E-state index contributed by atoms with van der Waals surface area (Å²) in [6, 6.07) is 12.5. The predicted molar refractivity (Wildman–Crippen MR) is 92.5 cm³/mol. The van der Waals surface area contributed by atoms with Crippen molar-refractivity contribution in [2.45, 2.75) is 45.4 Å². The van der Waals surface area contributed by atoms with Gasteiger partial charge in [-0.25, -0.2) is 0 Å². The molecule has 0 aliphatic heterocycles. The minimum atomic E-state index is -1.42. The molecule has 22 heavy (non-hydrogen) atoms. The van der Waals surface area contributed by atoms with Gasteiger partial charge in [0.25, 0.3) is 0 Å². The van der Waals surface area contributed by atoms with Crippen LogP contribution >= 0.6 is 0 Å². The molecule has 2 aromatic rings. The monoisotopic (exact) mass is 294 g/mol. The van der Waals surface area contributed by atoms with E-state index in [1.165, 1.54) is 27.8 Å². The molecule has 0 amide bonds. The van der Waals surface area contributed by atoms with Crippen LogP contribution in [0.5, 0.6) is 0 Å². The van der Waals surface area contributed by atoms with Crippen LogP contribution in [0.3, 0.4) is 0 Å². The van der Waals surface area contributed by atoms with Crippen LogP contribution in [0.1, 0.15) is 51.3 Å². The average molecular weight is 294 g/mol. The van der Waals surface area contributed by atoms with Crippen LogP contribution in [0.25, 0.3) is 11.1 Å². The first-order chi connectivity index (χ1) is 10.1. The van der Waals surface area contributed by atoms with E-state index in [2.05, 4.69) is 52.8 Å². The molecule has 0 spiro atoms. The molecule has 0 saturated carbocycles. The van der Waals surface area contributed by atoms with E-state index in [1.54, 1.807) is 6.07 Å². The van der Waals surface area contributed by atoms with Crippen LogP contribution in [0.2, 0.25) is 0 Å². The highest BCUT2D eigenvalue weighted by molar-refractivity contribution is 6.58. The lowest BCUT2D eigenvalue weighted by Crippen LogP contribution is -2.31. The van der Waals surface area contributed by atoms with Crippen molar-refractivity contribution >= 4 is 12.6 Å². The molecule has 114 valence electrons. The van der Waals surface area contributed by atoms with Gasteiger partial charge in [-0.2, -0.15) is 0 Å². The minimum Gasteiger partial charge on any atom is -0.423 e. The molecule has 0 bridgehead atoms. The van der Waals surface area contributed by atoms with Crippen molar-refractivity contribution < 1.29 is 10.0 Å². The highest BCUT2D eigenvalue weighted by Gasteiger charge is 2.36. The third-order valence-electron chi connectivity index (χ3n) is 4.86. The maximum atomic E-state index is 9.45. The van der Waals surface area contributed by atoms with Gasteiger partial charge in [0.15, 0.2) is 0 Å². The standard InChI is InChI=1S/C19H23BO2/c1-18(2,3)12-6-8-14-15-9-7-13(20(21)22)11-17(15)19(4,5)16(14)10-12/h6-11,21-22H,1-5H3. The first kappa shape index (κ1) is 15.3. The van der Waals surface area contributed by atoms with Crippen molar-refractivity contribution in [2.75, 3.05) is 0 Å². The SMILES string of the molecule is CC(C)(C)c1ccc2c(c1)C(C)(C)c1cc(B(O)O)ccc1-2. The zero-order chi connectivity index (χ0) is 16.3. The lowest BCUT2D eigenvalue weighted by molar-refractivity contribution is 0.425. The van der Waals surface area contributed by atoms with Crippen molar-refractivity contribution in [1.29, 1.82) is 0 Å². The third kappa shape index (κ3) is 2.20. The van der Waals surface area contributed by atoms with E-state index in [0.29, 0.717) is 5.46 Å². The number of hydrogen-bond donors (Lipinski definition) is 2. The van der Waals surface area contributed by atoms with Gasteiger partial charge in [0.1, 0.15) is 0 Å². The fourth-order valence-corrected chi connectivity index (χ4v) is 3.38. The molecule has 0 aromatic heterocycles. The molecule has 3 heteroatoms. The molecule has 2 aromatic carbocycles. The van der Waals surface area contributed by atoms with Gasteiger partial charge >= 0.3 is 7.12 Å². The van der Waals surface area contributed by atoms with Crippen LogP contribution in [0.15, 0.2) is 36.4 Å². The van der Waals surface area contributed by atoms with Crippen LogP contribution in [0.4, 0.5) is 0 Å². The zero-order valence-electron chi connectivity index (χ0n) is 13.9. The number of fused-ring (bicyclic) bond motifs is 3. The van der Waals surface area contributed by atoms with Gasteiger partial charge in [-0.15, -0.1) is 0 Å². The molecule has 3 rings (SSSR count). The maximum absolute atomic E-state index is 9.45. The molecule has 0 radical (unpaired) electrons. The predicted octanol–water partition coefficient (Wildman–Crippen LogP) is 2.97. The molecule has 0 fully saturated rings. The van der Waals surface area contributed by atoms with Gasteiger partial charge in [0.2, 0.25) is 0 Å². The van der Waals surface area contributed by atoms with Crippen LogP contribution in [0, 0.1) is 0 Å². The lowest BCUT2D eigenvalue weighted by Gasteiger charge is -2.25. The summed E-state index contributed by atoms with van der Waals surface area (Å²) < 4.78 is 0. The fourth-order valence-electron chi connectivity index (χ4n) is 3.38. The molecule has 0 unspecified atom stereocenters. The van der Waals surface area contributed by atoms with Crippen molar-refractivity contribution in [3.8, 4) is 11.1 Å². The van der Waals surface area contributed by atoms with Crippen molar-refractivity contribution in [2.24, 2.45) is 0 Å². The van der Waals surface area contributed by atoms with E-state index in [1.807, 2.05) is 12.1 Å². The van der Waals surface area contributed by atoms with E-state index >= 15 is 0 Å². The van der Waals surface area contributed by atoms with Gasteiger partial charge in [-0.3, -0.25) is 0 Å². The molecule has 2 nitrogen and oxygen atoms in total. The highest BCUT2D eigenvalue weighted by atomic mass is 16.4. The van der Waals surface area contributed by atoms with E-state index < -0.39 is 7.12 Å². The lowest BCUT2D eigenvalue weighted by atomic mass is 9.75. The summed E-state index contributed by atoms with van der Waals surface area (Å²) >= 11 is 0. The molecule has 0 atom stereocenters. The van der Waals surface area contributed by atoms with E-state index in [0.717, 1.165) is 0 Å². The quantitative estimate of drug-likeness (QED) is 0.794. The molecular formula is C19H23BO2. The Morgan fingerprint density at radius 2 is 1.41 bits per heavy atom. The van der Waals surface area contributed by atoms with Gasteiger partial charge < -0.3 is 10.0 Å². The smallest absolute Gasteiger partial charge is 0.423 e. The molecular weight excluding hydrogens is 271 g/mol. The molecule has 1 aliphatic carbocycles. The second-order valence-corrected chi connectivity index (χ2v) is 7.81. The number of hydrogen-bond acceptors (Lipinski definition) is 2. The molecule has 0 heterocycles. The van der Waals surface area contributed by atoms with Crippen molar-refractivity contribution in [1.82, 2.24) is 0 Å². The first-order valence-corrected chi connectivity index (χ1v) is 7.78. The minimum absolute atomic E-state index is 0.117. The number of rotatable bonds is 1. The molecule has 1 aliphatic rings. The Hall–Kier alpha value is -1.58. The Balaban J connectivity index is 2.22. The Kier molecular flexibility index (Phi) is 3.28. The summed E-state index contributed by atoms with van der Waals surface area (Å²) in [7, 11) is -1.42. The van der Waals surface area contributed by atoms with Crippen LogP contribution < -0.4 is 5.46 Å². The Bertz CT molecular complexity index is 740. The van der Waals surface area contributed by atoms with Crippen molar-refractivity contribution in [3.05, 3.63) is 53.1 Å². The maximum Gasteiger partial charge on any atom is 0.488 e. The Morgan fingerprint density at radius 1 is 0.864 bits per heavy atom. The van der Waals surface area contributed by atoms with E-state index in [-0.39, 0.29) is 10.8 Å². The van der Waals surface area contributed by atoms with Gasteiger partial charge in [0.05, 0.1) is 0 Å². The van der Waals surface area contributed by atoms with E-state index in [4.69, 9.17) is 0 Å².